The monoisotopic (exact) mass is 294 g/mol. The normalized spacial score (nSPS) is 21.5. The third-order valence-electron chi connectivity index (χ3n) is 3.52. The van der Waals surface area contributed by atoms with Crippen LogP contribution in [0.15, 0.2) is 22.7 Å². The zero-order valence-electron chi connectivity index (χ0n) is 9.16. The topological polar surface area (TPSA) is 43.4 Å². The molecule has 1 saturated carbocycles. The van der Waals surface area contributed by atoms with Gasteiger partial charge in [-0.05, 0) is 18.2 Å². The van der Waals surface area contributed by atoms with Gasteiger partial charge in [-0.2, -0.15) is 0 Å². The average molecular weight is 295 g/mol. The summed E-state index contributed by atoms with van der Waals surface area (Å²) in [5, 5.41) is 0. The summed E-state index contributed by atoms with van der Waals surface area (Å²) in [6, 6.07) is 5.46. The first-order valence-electron chi connectivity index (χ1n) is 5.66. The van der Waals surface area contributed by atoms with Gasteiger partial charge < -0.3 is 4.74 Å². The summed E-state index contributed by atoms with van der Waals surface area (Å²) in [5.74, 6) is 0.901. The predicted molar refractivity (Wildman–Crippen MR) is 65.3 cm³/mol. The minimum absolute atomic E-state index is 0.0290. The molecule has 0 amide bonds. The fourth-order valence-electron chi connectivity index (χ4n) is 2.53. The Balaban J connectivity index is 1.98. The van der Waals surface area contributed by atoms with Gasteiger partial charge in [-0.25, -0.2) is 0 Å². The molecule has 1 aliphatic carbocycles. The van der Waals surface area contributed by atoms with Crippen molar-refractivity contribution in [2.24, 2.45) is 0 Å². The van der Waals surface area contributed by atoms with Crippen LogP contribution < -0.4 is 4.74 Å². The molecular formula is C13H11BrO3. The zero-order valence-corrected chi connectivity index (χ0v) is 10.7. The van der Waals surface area contributed by atoms with Crippen LogP contribution in [0.4, 0.5) is 0 Å². The fourth-order valence-corrected chi connectivity index (χ4v) is 2.89. The summed E-state index contributed by atoms with van der Waals surface area (Å²) in [6.07, 6.45) is 1.91. The van der Waals surface area contributed by atoms with E-state index in [9.17, 15) is 9.59 Å². The standard InChI is InChI=1S/C13H11BrO3/c14-8-1-2-11-10(7-8)12(16)13(17-11)5-3-9(15)4-6-13/h1-2,7H,3-6H2. The lowest BCUT2D eigenvalue weighted by atomic mass is 9.80. The first-order valence-corrected chi connectivity index (χ1v) is 6.45. The molecule has 2 aliphatic rings. The summed E-state index contributed by atoms with van der Waals surface area (Å²) in [4.78, 5) is 23.6. The number of carbonyl (C=O) groups excluding carboxylic acids is 2. The van der Waals surface area contributed by atoms with Crippen molar-refractivity contribution in [2.75, 3.05) is 0 Å². The maximum absolute atomic E-state index is 12.4. The molecule has 0 saturated heterocycles. The molecule has 4 heteroatoms. The number of Topliss-reactive ketones (excluding diaryl/α,β-unsaturated/α-hetero) is 2. The van der Waals surface area contributed by atoms with Gasteiger partial charge in [0.1, 0.15) is 11.5 Å². The molecule has 1 spiro atoms. The molecule has 0 bridgehead atoms. The van der Waals surface area contributed by atoms with E-state index in [1.54, 1.807) is 6.07 Å². The minimum atomic E-state index is -0.767. The Kier molecular flexibility index (Phi) is 2.36. The largest absolute Gasteiger partial charge is 0.478 e. The number of hydrogen-bond acceptors (Lipinski definition) is 3. The van der Waals surface area contributed by atoms with Gasteiger partial charge in [0.05, 0.1) is 5.56 Å². The van der Waals surface area contributed by atoms with Crippen LogP contribution in [0.3, 0.4) is 0 Å². The van der Waals surface area contributed by atoms with E-state index in [-0.39, 0.29) is 11.6 Å². The second-order valence-electron chi connectivity index (χ2n) is 4.60. The molecule has 1 fully saturated rings. The van der Waals surface area contributed by atoms with Crippen molar-refractivity contribution in [1.82, 2.24) is 0 Å². The number of fused-ring (bicyclic) bond motifs is 1. The highest BCUT2D eigenvalue weighted by molar-refractivity contribution is 9.10. The van der Waals surface area contributed by atoms with Crippen LogP contribution in [0.5, 0.6) is 5.75 Å². The molecule has 3 nitrogen and oxygen atoms in total. The van der Waals surface area contributed by atoms with Crippen LogP contribution in [0.1, 0.15) is 36.0 Å². The Morgan fingerprint density at radius 1 is 1.18 bits per heavy atom. The van der Waals surface area contributed by atoms with Crippen molar-refractivity contribution in [2.45, 2.75) is 31.3 Å². The Hall–Kier alpha value is -1.16. The van der Waals surface area contributed by atoms with Crippen LogP contribution >= 0.6 is 15.9 Å². The maximum Gasteiger partial charge on any atom is 0.210 e. The van der Waals surface area contributed by atoms with Gasteiger partial charge in [-0.3, -0.25) is 9.59 Å². The molecule has 0 atom stereocenters. The lowest BCUT2D eigenvalue weighted by Gasteiger charge is -2.30. The molecule has 1 aromatic rings. The van der Waals surface area contributed by atoms with Gasteiger partial charge in [0.25, 0.3) is 0 Å². The quantitative estimate of drug-likeness (QED) is 0.739. The highest BCUT2D eigenvalue weighted by atomic mass is 79.9. The van der Waals surface area contributed by atoms with Crippen LogP contribution in [0.2, 0.25) is 0 Å². The highest BCUT2D eigenvalue weighted by Crippen LogP contribution is 2.43. The van der Waals surface area contributed by atoms with E-state index in [0.717, 1.165) is 4.47 Å². The van der Waals surface area contributed by atoms with Crippen molar-refractivity contribution < 1.29 is 14.3 Å². The van der Waals surface area contributed by atoms with Gasteiger partial charge in [0.15, 0.2) is 5.60 Å². The van der Waals surface area contributed by atoms with Crippen molar-refractivity contribution in [1.29, 1.82) is 0 Å². The first-order chi connectivity index (χ1) is 8.11. The molecule has 1 aromatic carbocycles. The smallest absolute Gasteiger partial charge is 0.210 e. The molecule has 1 heterocycles. The maximum atomic E-state index is 12.4. The molecule has 3 rings (SSSR count). The summed E-state index contributed by atoms with van der Waals surface area (Å²) in [5.41, 5.74) is -0.134. The van der Waals surface area contributed by atoms with E-state index in [4.69, 9.17) is 4.74 Å². The van der Waals surface area contributed by atoms with Crippen LogP contribution in [0.25, 0.3) is 0 Å². The van der Waals surface area contributed by atoms with Gasteiger partial charge in [0, 0.05) is 30.2 Å². The summed E-state index contributed by atoms with van der Waals surface area (Å²) in [6.45, 7) is 0. The Morgan fingerprint density at radius 2 is 1.88 bits per heavy atom. The van der Waals surface area contributed by atoms with E-state index in [2.05, 4.69) is 15.9 Å². The lowest BCUT2D eigenvalue weighted by Crippen LogP contribution is -2.43. The Labute approximate surface area is 107 Å². The number of hydrogen-bond donors (Lipinski definition) is 0. The van der Waals surface area contributed by atoms with E-state index >= 15 is 0 Å². The lowest BCUT2D eigenvalue weighted by molar-refractivity contribution is -0.122. The average Bonchev–Trinajstić information content (AvgIpc) is 2.58. The molecule has 0 N–H and O–H groups in total. The van der Waals surface area contributed by atoms with Crippen molar-refractivity contribution >= 4 is 27.5 Å². The number of carbonyl (C=O) groups is 2. The summed E-state index contributed by atoms with van der Waals surface area (Å²) < 4.78 is 6.70. The van der Waals surface area contributed by atoms with Gasteiger partial charge >= 0.3 is 0 Å². The number of rotatable bonds is 0. The molecular weight excluding hydrogens is 284 g/mol. The fraction of sp³-hybridized carbons (Fsp3) is 0.385. The second kappa shape index (κ2) is 3.67. The third kappa shape index (κ3) is 1.62. The number of benzene rings is 1. The van der Waals surface area contributed by atoms with Crippen molar-refractivity contribution in [3.8, 4) is 5.75 Å². The SMILES string of the molecule is O=C1CCC2(CC1)Oc1ccc(Br)cc1C2=O. The first kappa shape index (κ1) is 11.0. The van der Waals surface area contributed by atoms with Crippen molar-refractivity contribution in [3.05, 3.63) is 28.2 Å². The number of ketones is 2. The third-order valence-corrected chi connectivity index (χ3v) is 4.01. The Bertz CT molecular complexity index is 511. The van der Waals surface area contributed by atoms with E-state index in [1.807, 2.05) is 12.1 Å². The highest BCUT2D eigenvalue weighted by Gasteiger charge is 2.49. The van der Waals surface area contributed by atoms with Crippen LogP contribution in [-0.2, 0) is 4.79 Å². The van der Waals surface area contributed by atoms with E-state index < -0.39 is 5.60 Å². The zero-order chi connectivity index (χ0) is 12.0. The molecule has 1 aliphatic heterocycles. The molecule has 0 radical (unpaired) electrons. The Morgan fingerprint density at radius 3 is 2.59 bits per heavy atom. The van der Waals surface area contributed by atoms with Gasteiger partial charge in [-0.1, -0.05) is 15.9 Å². The van der Waals surface area contributed by atoms with Crippen LogP contribution in [-0.4, -0.2) is 17.2 Å². The minimum Gasteiger partial charge on any atom is -0.478 e. The van der Waals surface area contributed by atoms with Crippen molar-refractivity contribution in [3.63, 3.8) is 0 Å². The van der Waals surface area contributed by atoms with Crippen LogP contribution in [0, 0.1) is 0 Å². The second-order valence-corrected chi connectivity index (χ2v) is 5.52. The molecule has 88 valence electrons. The summed E-state index contributed by atoms with van der Waals surface area (Å²) in [7, 11) is 0. The molecule has 0 aromatic heterocycles. The molecule has 17 heavy (non-hydrogen) atoms. The number of halogens is 1. The van der Waals surface area contributed by atoms with Gasteiger partial charge in [-0.15, -0.1) is 0 Å². The van der Waals surface area contributed by atoms with Gasteiger partial charge in [0.2, 0.25) is 5.78 Å². The summed E-state index contributed by atoms with van der Waals surface area (Å²) >= 11 is 3.35. The van der Waals surface area contributed by atoms with E-state index in [0.29, 0.717) is 37.0 Å². The van der Waals surface area contributed by atoms with E-state index in [1.165, 1.54) is 0 Å². The molecule has 0 unspecified atom stereocenters. The number of ether oxygens (including phenoxy) is 1. The predicted octanol–water partition coefficient (Wildman–Crippen LogP) is 2.91.